The van der Waals surface area contributed by atoms with Crippen molar-refractivity contribution in [1.82, 2.24) is 15.0 Å². The highest BCUT2D eigenvalue weighted by Gasteiger charge is 1.98. The maximum atomic E-state index is 11.0. The quantitative estimate of drug-likeness (QED) is 0.594. The zero-order valence-corrected chi connectivity index (χ0v) is 9.76. The summed E-state index contributed by atoms with van der Waals surface area (Å²) in [6.45, 7) is 4.00. The zero-order chi connectivity index (χ0) is 11.3. The number of rotatable bonds is 1. The summed E-state index contributed by atoms with van der Waals surface area (Å²) in [5.41, 5.74) is 0.449. The van der Waals surface area contributed by atoms with Gasteiger partial charge in [0.25, 0.3) is 0 Å². The normalized spacial score (nSPS) is 9.53. The minimum absolute atomic E-state index is 0.141. The minimum Gasteiger partial charge on any atom is -0.306 e. The Hall–Kier alpha value is -1.36. The molecule has 0 aliphatic heterocycles. The van der Waals surface area contributed by atoms with Crippen LogP contribution in [0.25, 0.3) is 11.0 Å². The molecule has 1 N–H and O–H groups in total. The summed E-state index contributed by atoms with van der Waals surface area (Å²) < 4.78 is 0. The van der Waals surface area contributed by atoms with Gasteiger partial charge in [-0.25, -0.2) is 9.97 Å². The van der Waals surface area contributed by atoms with Crippen LogP contribution < -0.4 is 5.56 Å². The Labute approximate surface area is 92.2 Å². The summed E-state index contributed by atoms with van der Waals surface area (Å²) >= 11 is 1.45. The predicted molar refractivity (Wildman–Crippen MR) is 63.3 cm³/mol. The standard InChI is InChI=1S/C8H7N3OS.C2H6/c1-13-8-9-4-5-2-3-6(12)10-7(5)11-8;1-2/h2-4H,1H3,(H,9,10,11,12);1-2H3. The fraction of sp³-hybridized carbons (Fsp3) is 0.300. The first-order chi connectivity index (χ1) is 7.29. The number of nitrogens with zero attached hydrogens (tertiary/aromatic N) is 2. The summed E-state index contributed by atoms with van der Waals surface area (Å²) in [6, 6.07) is 3.17. The molecule has 0 saturated heterocycles. The van der Waals surface area contributed by atoms with Gasteiger partial charge in [-0.2, -0.15) is 0 Å². The average molecular weight is 223 g/mol. The highest BCUT2D eigenvalue weighted by atomic mass is 32.2. The van der Waals surface area contributed by atoms with Crippen LogP contribution in [0, 0.1) is 0 Å². The van der Waals surface area contributed by atoms with Gasteiger partial charge < -0.3 is 4.98 Å². The van der Waals surface area contributed by atoms with Crippen molar-refractivity contribution < 1.29 is 0 Å². The number of nitrogens with one attached hydrogen (secondary N) is 1. The van der Waals surface area contributed by atoms with Crippen molar-refractivity contribution in [2.45, 2.75) is 19.0 Å². The zero-order valence-electron chi connectivity index (χ0n) is 8.94. The Kier molecular flexibility index (Phi) is 4.30. The number of thioether (sulfide) groups is 1. The predicted octanol–water partition coefficient (Wildman–Crippen LogP) is 2.07. The molecule has 0 unspecified atom stereocenters. The molecule has 2 rings (SSSR count). The Bertz CT molecular complexity index is 495. The van der Waals surface area contributed by atoms with E-state index < -0.39 is 0 Å². The van der Waals surface area contributed by atoms with Gasteiger partial charge in [0.2, 0.25) is 5.56 Å². The van der Waals surface area contributed by atoms with E-state index in [0.29, 0.717) is 10.8 Å². The number of aromatic amines is 1. The molecule has 0 atom stereocenters. The molecule has 0 saturated carbocycles. The maximum Gasteiger partial charge on any atom is 0.249 e. The fourth-order valence-electron chi connectivity index (χ4n) is 1.02. The highest BCUT2D eigenvalue weighted by Crippen LogP contribution is 2.11. The van der Waals surface area contributed by atoms with Crippen LogP contribution in [-0.4, -0.2) is 21.2 Å². The second-order valence-electron chi connectivity index (χ2n) is 2.48. The van der Waals surface area contributed by atoms with E-state index in [1.165, 1.54) is 17.8 Å². The molecule has 4 nitrogen and oxygen atoms in total. The molecule has 0 fully saturated rings. The Morgan fingerprint density at radius 1 is 1.33 bits per heavy atom. The third kappa shape index (κ3) is 2.79. The number of hydrogen-bond acceptors (Lipinski definition) is 4. The van der Waals surface area contributed by atoms with Gasteiger partial charge in [0.05, 0.1) is 0 Å². The van der Waals surface area contributed by atoms with Crippen LogP contribution in [0.5, 0.6) is 0 Å². The van der Waals surface area contributed by atoms with Crippen molar-refractivity contribution in [3.05, 3.63) is 28.7 Å². The maximum absolute atomic E-state index is 11.0. The Morgan fingerprint density at radius 2 is 2.07 bits per heavy atom. The first kappa shape index (κ1) is 11.7. The fourth-order valence-corrected chi connectivity index (χ4v) is 1.36. The molecule has 2 aromatic heterocycles. The van der Waals surface area contributed by atoms with Crippen LogP contribution in [-0.2, 0) is 0 Å². The smallest absolute Gasteiger partial charge is 0.249 e. The van der Waals surface area contributed by atoms with Gasteiger partial charge in [0.15, 0.2) is 5.16 Å². The van der Waals surface area contributed by atoms with Crippen molar-refractivity contribution in [2.75, 3.05) is 6.26 Å². The monoisotopic (exact) mass is 223 g/mol. The minimum atomic E-state index is -0.141. The van der Waals surface area contributed by atoms with E-state index in [2.05, 4.69) is 15.0 Å². The number of aromatic nitrogens is 3. The summed E-state index contributed by atoms with van der Waals surface area (Å²) in [5, 5.41) is 1.51. The highest BCUT2D eigenvalue weighted by molar-refractivity contribution is 7.98. The van der Waals surface area contributed by atoms with Crippen molar-refractivity contribution in [3.63, 3.8) is 0 Å². The molecule has 5 heteroatoms. The van der Waals surface area contributed by atoms with Crippen LogP contribution in [0.2, 0.25) is 0 Å². The van der Waals surface area contributed by atoms with E-state index in [1.54, 1.807) is 12.3 Å². The van der Waals surface area contributed by atoms with Gasteiger partial charge in [0.1, 0.15) is 5.65 Å². The topological polar surface area (TPSA) is 58.6 Å². The lowest BCUT2D eigenvalue weighted by atomic mass is 10.3. The van der Waals surface area contributed by atoms with E-state index >= 15 is 0 Å². The van der Waals surface area contributed by atoms with Gasteiger partial charge in [0, 0.05) is 17.6 Å². The molecule has 0 spiro atoms. The van der Waals surface area contributed by atoms with Crippen LogP contribution in [0.15, 0.2) is 28.3 Å². The molecule has 80 valence electrons. The average Bonchev–Trinajstić information content (AvgIpc) is 2.30. The molecule has 0 amide bonds. The summed E-state index contributed by atoms with van der Waals surface area (Å²) in [7, 11) is 0. The van der Waals surface area contributed by atoms with E-state index in [0.717, 1.165) is 5.39 Å². The van der Waals surface area contributed by atoms with Crippen molar-refractivity contribution in [1.29, 1.82) is 0 Å². The molecule has 2 aromatic rings. The van der Waals surface area contributed by atoms with Gasteiger partial charge >= 0.3 is 0 Å². The Balaban J connectivity index is 0.000000531. The third-order valence-corrected chi connectivity index (χ3v) is 2.20. The van der Waals surface area contributed by atoms with Gasteiger partial charge in [-0.15, -0.1) is 0 Å². The second-order valence-corrected chi connectivity index (χ2v) is 3.26. The van der Waals surface area contributed by atoms with Crippen LogP contribution in [0.1, 0.15) is 13.8 Å². The lowest BCUT2D eigenvalue weighted by molar-refractivity contribution is 0.988. The molecule has 0 bridgehead atoms. The van der Waals surface area contributed by atoms with Gasteiger partial charge in [-0.1, -0.05) is 25.6 Å². The summed E-state index contributed by atoms with van der Waals surface area (Å²) in [5.74, 6) is 0. The first-order valence-electron chi connectivity index (χ1n) is 4.69. The van der Waals surface area contributed by atoms with Crippen molar-refractivity contribution >= 4 is 22.8 Å². The molecule has 0 aromatic carbocycles. The third-order valence-electron chi connectivity index (χ3n) is 1.63. The number of fused-ring (bicyclic) bond motifs is 1. The molecular formula is C10H13N3OS. The molecule has 15 heavy (non-hydrogen) atoms. The summed E-state index contributed by atoms with van der Waals surface area (Å²) in [4.78, 5) is 21.8. The van der Waals surface area contributed by atoms with E-state index in [1.807, 2.05) is 20.1 Å². The lowest BCUT2D eigenvalue weighted by Gasteiger charge is -1.97. The number of H-pyrrole nitrogens is 1. The SMILES string of the molecule is CC.CSc1ncc2ccc(=O)[nH]c2n1. The molecule has 2 heterocycles. The molecule has 0 aliphatic rings. The lowest BCUT2D eigenvalue weighted by Crippen LogP contribution is -2.04. The van der Waals surface area contributed by atoms with Gasteiger partial charge in [-0.3, -0.25) is 4.79 Å². The van der Waals surface area contributed by atoms with E-state index in [4.69, 9.17) is 0 Å². The summed E-state index contributed by atoms with van der Waals surface area (Å²) in [6.07, 6.45) is 3.59. The number of pyridine rings is 1. The first-order valence-corrected chi connectivity index (χ1v) is 5.92. The van der Waals surface area contributed by atoms with Crippen LogP contribution in [0.4, 0.5) is 0 Å². The molecule has 0 radical (unpaired) electrons. The van der Waals surface area contributed by atoms with Crippen LogP contribution in [0.3, 0.4) is 0 Å². The van der Waals surface area contributed by atoms with Crippen molar-refractivity contribution in [2.24, 2.45) is 0 Å². The molecular weight excluding hydrogens is 210 g/mol. The van der Waals surface area contributed by atoms with E-state index in [9.17, 15) is 4.79 Å². The number of hydrogen-bond donors (Lipinski definition) is 1. The van der Waals surface area contributed by atoms with E-state index in [-0.39, 0.29) is 5.56 Å². The largest absolute Gasteiger partial charge is 0.306 e. The molecule has 0 aliphatic carbocycles. The second kappa shape index (κ2) is 5.50. The van der Waals surface area contributed by atoms with Crippen molar-refractivity contribution in [3.8, 4) is 0 Å². The Morgan fingerprint density at radius 3 is 2.73 bits per heavy atom. The van der Waals surface area contributed by atoms with Crippen LogP contribution >= 0.6 is 11.8 Å². The van der Waals surface area contributed by atoms with Gasteiger partial charge in [-0.05, 0) is 12.3 Å².